The molecule has 0 fully saturated rings. The van der Waals surface area contributed by atoms with E-state index in [1.54, 1.807) is 6.07 Å². The standard InChI is InChI=1S/C20H22Cl2N4/c1-3-25(2)17-7-4-6-16-19(17)26-11-5-10-23-18(20(26)24-16)14-9-8-13(21)12-15(14)22/h4,6-9,12,18,23H,3,5,10-11H2,1-2H3. The number of nitrogens with one attached hydrogen (secondary N) is 1. The number of benzene rings is 2. The fourth-order valence-electron chi connectivity index (χ4n) is 3.67. The first-order valence-electron chi connectivity index (χ1n) is 8.98. The Morgan fingerprint density at radius 1 is 1.27 bits per heavy atom. The lowest BCUT2D eigenvalue weighted by atomic mass is 10.1. The van der Waals surface area contributed by atoms with Gasteiger partial charge in [-0.3, -0.25) is 0 Å². The van der Waals surface area contributed by atoms with Gasteiger partial charge in [0.25, 0.3) is 0 Å². The van der Waals surface area contributed by atoms with Crippen molar-refractivity contribution in [2.24, 2.45) is 0 Å². The first-order chi connectivity index (χ1) is 12.6. The third kappa shape index (κ3) is 2.96. The number of nitrogens with zero attached hydrogens (tertiary/aromatic N) is 3. The predicted molar refractivity (Wildman–Crippen MR) is 110 cm³/mol. The molecule has 0 aliphatic carbocycles. The van der Waals surface area contributed by atoms with Crippen LogP contribution in [0, 0.1) is 0 Å². The summed E-state index contributed by atoms with van der Waals surface area (Å²) >= 11 is 12.6. The molecule has 6 heteroatoms. The molecule has 4 rings (SSSR count). The highest BCUT2D eigenvalue weighted by molar-refractivity contribution is 6.35. The third-order valence-electron chi connectivity index (χ3n) is 5.10. The van der Waals surface area contributed by atoms with Gasteiger partial charge in [-0.1, -0.05) is 35.3 Å². The Morgan fingerprint density at radius 2 is 2.12 bits per heavy atom. The number of aryl methyl sites for hydroxylation is 1. The number of para-hydroxylation sites is 1. The average Bonchev–Trinajstić information content (AvgIpc) is 2.88. The number of halogens is 2. The van der Waals surface area contributed by atoms with Crippen LogP contribution in [0.4, 0.5) is 5.69 Å². The number of hydrogen-bond donors (Lipinski definition) is 1. The van der Waals surface area contributed by atoms with Crippen LogP contribution in [0.3, 0.4) is 0 Å². The Kier molecular flexibility index (Phi) is 4.82. The summed E-state index contributed by atoms with van der Waals surface area (Å²) in [7, 11) is 2.12. The smallest absolute Gasteiger partial charge is 0.131 e. The van der Waals surface area contributed by atoms with Crippen LogP contribution in [0.5, 0.6) is 0 Å². The van der Waals surface area contributed by atoms with Crippen molar-refractivity contribution in [3.05, 3.63) is 57.8 Å². The molecule has 1 aliphatic rings. The van der Waals surface area contributed by atoms with Crippen LogP contribution in [0.15, 0.2) is 36.4 Å². The molecule has 3 aromatic rings. The molecule has 2 heterocycles. The predicted octanol–water partition coefficient (Wildman–Crippen LogP) is 4.88. The van der Waals surface area contributed by atoms with Gasteiger partial charge in [-0.2, -0.15) is 0 Å². The van der Waals surface area contributed by atoms with E-state index in [1.807, 2.05) is 12.1 Å². The Bertz CT molecular complexity index is 950. The quantitative estimate of drug-likeness (QED) is 0.693. The summed E-state index contributed by atoms with van der Waals surface area (Å²) in [6.45, 7) is 4.97. The van der Waals surface area contributed by atoms with Gasteiger partial charge in [0.15, 0.2) is 0 Å². The first-order valence-corrected chi connectivity index (χ1v) is 9.74. The zero-order valence-electron chi connectivity index (χ0n) is 15.0. The van der Waals surface area contributed by atoms with E-state index in [2.05, 4.69) is 47.0 Å². The summed E-state index contributed by atoms with van der Waals surface area (Å²) < 4.78 is 2.35. The fraction of sp³-hybridized carbons (Fsp3) is 0.350. The molecule has 1 aliphatic heterocycles. The first kappa shape index (κ1) is 17.7. The molecule has 1 N–H and O–H groups in total. The Morgan fingerprint density at radius 3 is 2.88 bits per heavy atom. The number of hydrogen-bond acceptors (Lipinski definition) is 3. The lowest BCUT2D eigenvalue weighted by Crippen LogP contribution is -2.23. The maximum Gasteiger partial charge on any atom is 0.131 e. The number of fused-ring (bicyclic) bond motifs is 3. The second-order valence-electron chi connectivity index (χ2n) is 6.69. The molecular formula is C20H22Cl2N4. The van der Waals surface area contributed by atoms with Crippen LogP contribution in [-0.2, 0) is 6.54 Å². The van der Waals surface area contributed by atoms with Gasteiger partial charge in [-0.25, -0.2) is 4.98 Å². The van der Waals surface area contributed by atoms with E-state index in [1.165, 1.54) is 11.2 Å². The minimum Gasteiger partial charge on any atom is -0.373 e. The highest BCUT2D eigenvalue weighted by Gasteiger charge is 2.27. The summed E-state index contributed by atoms with van der Waals surface area (Å²) in [4.78, 5) is 7.26. The third-order valence-corrected chi connectivity index (χ3v) is 5.66. The summed E-state index contributed by atoms with van der Waals surface area (Å²) in [5, 5.41) is 4.93. The van der Waals surface area contributed by atoms with E-state index in [9.17, 15) is 0 Å². The van der Waals surface area contributed by atoms with Gasteiger partial charge in [0, 0.05) is 30.2 Å². The lowest BCUT2D eigenvalue weighted by molar-refractivity contribution is 0.601. The molecule has 0 bridgehead atoms. The zero-order chi connectivity index (χ0) is 18.3. The average molecular weight is 389 g/mol. The van der Waals surface area contributed by atoms with E-state index in [4.69, 9.17) is 28.2 Å². The van der Waals surface area contributed by atoms with Crippen LogP contribution in [0.25, 0.3) is 11.0 Å². The summed E-state index contributed by atoms with van der Waals surface area (Å²) in [6.07, 6.45) is 1.05. The monoisotopic (exact) mass is 388 g/mol. The van der Waals surface area contributed by atoms with Crippen molar-refractivity contribution < 1.29 is 0 Å². The molecule has 0 radical (unpaired) electrons. The number of imidazole rings is 1. The van der Waals surface area contributed by atoms with E-state index in [0.29, 0.717) is 10.0 Å². The second-order valence-corrected chi connectivity index (χ2v) is 7.53. The van der Waals surface area contributed by atoms with Gasteiger partial charge < -0.3 is 14.8 Å². The second kappa shape index (κ2) is 7.10. The van der Waals surface area contributed by atoms with Crippen molar-refractivity contribution in [3.63, 3.8) is 0 Å². The van der Waals surface area contributed by atoms with E-state index in [0.717, 1.165) is 43.0 Å². The minimum atomic E-state index is -0.0468. The SMILES string of the molecule is CCN(C)c1cccc2nc3n(c12)CCCNC3c1ccc(Cl)cc1Cl. The van der Waals surface area contributed by atoms with Gasteiger partial charge in [0.2, 0.25) is 0 Å². The zero-order valence-corrected chi connectivity index (χ0v) is 16.5. The van der Waals surface area contributed by atoms with Crippen LogP contribution in [0.1, 0.15) is 30.8 Å². The van der Waals surface area contributed by atoms with Gasteiger partial charge in [-0.05, 0) is 49.7 Å². The van der Waals surface area contributed by atoms with Gasteiger partial charge in [-0.15, -0.1) is 0 Å². The van der Waals surface area contributed by atoms with Gasteiger partial charge >= 0.3 is 0 Å². The Balaban J connectivity index is 1.93. The molecule has 1 unspecified atom stereocenters. The van der Waals surface area contributed by atoms with E-state index in [-0.39, 0.29) is 6.04 Å². The summed E-state index contributed by atoms with van der Waals surface area (Å²) in [5.41, 5.74) is 4.45. The highest BCUT2D eigenvalue weighted by atomic mass is 35.5. The molecule has 2 aromatic carbocycles. The van der Waals surface area contributed by atoms with Gasteiger partial charge in [0.1, 0.15) is 5.82 Å². The molecule has 1 atom stereocenters. The maximum atomic E-state index is 6.52. The number of aromatic nitrogens is 2. The topological polar surface area (TPSA) is 33.1 Å². The molecule has 136 valence electrons. The van der Waals surface area contributed by atoms with Crippen molar-refractivity contribution >= 4 is 39.9 Å². The maximum absolute atomic E-state index is 6.52. The molecule has 26 heavy (non-hydrogen) atoms. The largest absolute Gasteiger partial charge is 0.373 e. The van der Waals surface area contributed by atoms with Crippen molar-refractivity contribution in [2.75, 3.05) is 25.0 Å². The lowest BCUT2D eigenvalue weighted by Gasteiger charge is -2.20. The molecule has 4 nitrogen and oxygen atoms in total. The molecule has 0 amide bonds. The normalized spacial score (nSPS) is 17.2. The number of anilines is 1. The van der Waals surface area contributed by atoms with E-state index < -0.39 is 0 Å². The van der Waals surface area contributed by atoms with E-state index >= 15 is 0 Å². The fourth-order valence-corrected chi connectivity index (χ4v) is 4.19. The van der Waals surface area contributed by atoms with Crippen LogP contribution < -0.4 is 10.2 Å². The summed E-state index contributed by atoms with van der Waals surface area (Å²) in [6, 6.07) is 12.0. The molecular weight excluding hydrogens is 367 g/mol. The summed E-state index contributed by atoms with van der Waals surface area (Å²) in [5.74, 6) is 1.01. The number of rotatable bonds is 3. The Hall–Kier alpha value is -1.75. The molecule has 1 aromatic heterocycles. The van der Waals surface area contributed by atoms with Crippen LogP contribution >= 0.6 is 23.2 Å². The molecule has 0 saturated heterocycles. The molecule has 0 spiro atoms. The Labute approximate surface area is 163 Å². The van der Waals surface area contributed by atoms with Crippen molar-refractivity contribution in [1.29, 1.82) is 0 Å². The highest BCUT2D eigenvalue weighted by Crippen LogP contribution is 2.35. The van der Waals surface area contributed by atoms with Crippen LogP contribution in [-0.4, -0.2) is 29.7 Å². The van der Waals surface area contributed by atoms with Crippen molar-refractivity contribution in [3.8, 4) is 0 Å². The van der Waals surface area contributed by atoms with Crippen molar-refractivity contribution in [2.45, 2.75) is 25.9 Å². The van der Waals surface area contributed by atoms with Gasteiger partial charge in [0.05, 0.1) is 22.8 Å². The van der Waals surface area contributed by atoms with Crippen LogP contribution in [0.2, 0.25) is 10.0 Å². The molecule has 0 saturated carbocycles. The minimum absolute atomic E-state index is 0.0468. The van der Waals surface area contributed by atoms with Crippen molar-refractivity contribution in [1.82, 2.24) is 14.9 Å².